The summed E-state index contributed by atoms with van der Waals surface area (Å²) in [6.07, 6.45) is -0.515. The van der Waals surface area contributed by atoms with E-state index >= 15 is 0 Å². The molecule has 0 radical (unpaired) electrons. The first kappa shape index (κ1) is 26.7. The number of nitrogens with one attached hydrogen (secondary N) is 1. The first-order chi connectivity index (χ1) is 23.8. The minimum atomic E-state index is -0.515. The summed E-state index contributed by atoms with van der Waals surface area (Å²) in [5.41, 5.74) is 8.41. The van der Waals surface area contributed by atoms with Crippen molar-refractivity contribution >= 4 is 66.3 Å². The maximum Gasteiger partial charge on any atom is 0.170 e. The Kier molecular flexibility index (Phi) is 5.87. The van der Waals surface area contributed by atoms with Crippen LogP contribution in [0.3, 0.4) is 0 Å². The van der Waals surface area contributed by atoms with Gasteiger partial charge in [0.05, 0.1) is 0 Å². The molecule has 2 aromatic heterocycles. The van der Waals surface area contributed by atoms with Crippen LogP contribution in [0.2, 0.25) is 0 Å². The van der Waals surface area contributed by atoms with Crippen LogP contribution in [0.1, 0.15) is 22.9 Å². The number of para-hydroxylation sites is 2. The first-order valence-corrected chi connectivity index (χ1v) is 16.1. The smallest absolute Gasteiger partial charge is 0.170 e. The monoisotopic (exact) mass is 617 g/mol. The van der Waals surface area contributed by atoms with Gasteiger partial charge in [0.2, 0.25) is 0 Å². The quantitative estimate of drug-likeness (QED) is 0.214. The van der Waals surface area contributed by atoms with Crippen LogP contribution in [0.15, 0.2) is 170 Å². The van der Waals surface area contributed by atoms with Crippen molar-refractivity contribution in [2.24, 2.45) is 9.98 Å². The van der Waals surface area contributed by atoms with Crippen molar-refractivity contribution in [2.75, 3.05) is 0 Å². The highest BCUT2D eigenvalue weighted by molar-refractivity contribution is 6.24. The summed E-state index contributed by atoms with van der Waals surface area (Å²) in [6, 6.07) is 52.2. The molecule has 0 bridgehead atoms. The van der Waals surface area contributed by atoms with Crippen molar-refractivity contribution in [1.29, 1.82) is 0 Å². The summed E-state index contributed by atoms with van der Waals surface area (Å²) in [5, 5.41) is 10.2. The Morgan fingerprint density at radius 3 is 1.94 bits per heavy atom. The van der Waals surface area contributed by atoms with E-state index in [1.807, 2.05) is 60.7 Å². The average molecular weight is 618 g/mol. The van der Waals surface area contributed by atoms with Gasteiger partial charge in [-0.05, 0) is 58.3 Å². The van der Waals surface area contributed by atoms with Crippen LogP contribution >= 0.6 is 0 Å². The van der Waals surface area contributed by atoms with Crippen molar-refractivity contribution < 1.29 is 8.83 Å². The minimum Gasteiger partial charge on any atom is -0.456 e. The molecule has 7 aromatic carbocycles. The van der Waals surface area contributed by atoms with Crippen LogP contribution < -0.4 is 5.32 Å². The van der Waals surface area contributed by atoms with Gasteiger partial charge in [0.1, 0.15) is 34.0 Å². The minimum absolute atomic E-state index is 0.515. The summed E-state index contributed by atoms with van der Waals surface area (Å²) >= 11 is 0. The van der Waals surface area contributed by atoms with Crippen molar-refractivity contribution in [3.8, 4) is 11.1 Å². The Bertz CT molecular complexity index is 2770. The second kappa shape index (κ2) is 10.5. The lowest BCUT2D eigenvalue weighted by molar-refractivity contribution is 0.667. The van der Waals surface area contributed by atoms with Crippen LogP contribution in [0.5, 0.6) is 0 Å². The summed E-state index contributed by atoms with van der Waals surface area (Å²) < 4.78 is 12.8. The molecule has 1 unspecified atom stereocenters. The molecule has 48 heavy (non-hydrogen) atoms. The Morgan fingerprint density at radius 1 is 0.438 bits per heavy atom. The van der Waals surface area contributed by atoms with Crippen LogP contribution in [0, 0.1) is 0 Å². The van der Waals surface area contributed by atoms with Crippen LogP contribution in [0.25, 0.3) is 65.8 Å². The molecule has 0 saturated heterocycles. The zero-order valence-electron chi connectivity index (χ0n) is 25.7. The molecule has 5 nitrogen and oxygen atoms in total. The van der Waals surface area contributed by atoms with Crippen molar-refractivity contribution in [1.82, 2.24) is 5.32 Å². The molecule has 0 spiro atoms. The van der Waals surface area contributed by atoms with E-state index in [9.17, 15) is 0 Å². The number of aliphatic imine (C=N–C) groups is 2. The van der Waals surface area contributed by atoms with Gasteiger partial charge in [-0.3, -0.25) is 0 Å². The predicted molar refractivity (Wildman–Crippen MR) is 196 cm³/mol. The van der Waals surface area contributed by atoms with E-state index in [0.717, 1.165) is 83.4 Å². The molecule has 10 rings (SSSR count). The number of fused-ring (bicyclic) bond motifs is 7. The molecular weight excluding hydrogens is 590 g/mol. The third-order valence-corrected chi connectivity index (χ3v) is 9.32. The highest BCUT2D eigenvalue weighted by Gasteiger charge is 2.26. The number of nitrogens with zero attached hydrogens (tertiary/aromatic N) is 2. The molecule has 0 amide bonds. The fourth-order valence-electron chi connectivity index (χ4n) is 7.06. The number of amidine groups is 2. The maximum absolute atomic E-state index is 6.53. The van der Waals surface area contributed by atoms with E-state index in [1.165, 1.54) is 10.8 Å². The number of rotatable bonds is 4. The Hall–Kier alpha value is -6.46. The van der Waals surface area contributed by atoms with Crippen LogP contribution in [0.4, 0.5) is 0 Å². The van der Waals surface area contributed by atoms with Crippen LogP contribution in [-0.2, 0) is 0 Å². The average Bonchev–Trinajstić information content (AvgIpc) is 3.73. The number of furan rings is 2. The summed E-state index contributed by atoms with van der Waals surface area (Å²) in [6.45, 7) is 0. The van der Waals surface area contributed by atoms with E-state index in [1.54, 1.807) is 0 Å². The lowest BCUT2D eigenvalue weighted by atomic mass is 9.96. The molecule has 0 saturated carbocycles. The van der Waals surface area contributed by atoms with Gasteiger partial charge in [-0.1, -0.05) is 115 Å². The predicted octanol–water partition coefficient (Wildman–Crippen LogP) is 10.8. The van der Waals surface area contributed by atoms with Crippen molar-refractivity contribution in [3.63, 3.8) is 0 Å². The third-order valence-electron chi connectivity index (χ3n) is 9.32. The van der Waals surface area contributed by atoms with E-state index in [2.05, 4.69) is 96.3 Å². The topological polar surface area (TPSA) is 63.0 Å². The van der Waals surface area contributed by atoms with E-state index in [0.29, 0.717) is 0 Å². The SMILES string of the molecule is c1ccc(C2=NC(c3cccc4oc5ccccc5c34)N=C(c3cc(-c4ccc5ccccc5c4)cc4oc5ccccc5c34)N2)cc1. The van der Waals surface area contributed by atoms with Gasteiger partial charge in [-0.15, -0.1) is 0 Å². The van der Waals surface area contributed by atoms with Gasteiger partial charge in [0.25, 0.3) is 0 Å². The van der Waals surface area contributed by atoms with Gasteiger partial charge in [-0.2, -0.15) is 0 Å². The number of hydrogen-bond donors (Lipinski definition) is 1. The molecule has 1 aliphatic rings. The molecule has 0 aliphatic carbocycles. The molecule has 0 fully saturated rings. The molecule has 1 atom stereocenters. The Balaban J connectivity index is 1.24. The zero-order valence-corrected chi connectivity index (χ0v) is 25.7. The normalized spacial score (nSPS) is 14.9. The lowest BCUT2D eigenvalue weighted by Crippen LogP contribution is -2.36. The standard InChI is InChI=1S/C43H27N3O2/c1-2-12-27(13-3-1)41-44-42(33-17-10-20-37-39(33)31-15-6-8-18-35(31)47-37)46-43(45-41)34-24-30(29-22-21-26-11-4-5-14-28(26)23-29)25-38-40(34)32-16-7-9-19-36(32)48-38/h1-25,42H,(H,44,45,46). The summed E-state index contributed by atoms with van der Waals surface area (Å²) in [5.74, 6) is 1.49. The van der Waals surface area contributed by atoms with Gasteiger partial charge in [0.15, 0.2) is 6.17 Å². The Morgan fingerprint density at radius 2 is 1.10 bits per heavy atom. The maximum atomic E-state index is 6.53. The molecular formula is C43H27N3O2. The zero-order chi connectivity index (χ0) is 31.6. The molecule has 1 N–H and O–H groups in total. The fourth-order valence-corrected chi connectivity index (χ4v) is 7.06. The Labute approximate surface area is 275 Å². The summed E-state index contributed by atoms with van der Waals surface area (Å²) in [7, 11) is 0. The van der Waals surface area contributed by atoms with Crippen molar-refractivity contribution in [2.45, 2.75) is 6.17 Å². The second-order valence-corrected chi connectivity index (χ2v) is 12.2. The van der Waals surface area contributed by atoms with Gasteiger partial charge in [-0.25, -0.2) is 9.98 Å². The first-order valence-electron chi connectivity index (χ1n) is 16.1. The van der Waals surface area contributed by atoms with E-state index in [-0.39, 0.29) is 0 Å². The highest BCUT2D eigenvalue weighted by Crippen LogP contribution is 2.39. The van der Waals surface area contributed by atoms with Gasteiger partial charge >= 0.3 is 0 Å². The largest absolute Gasteiger partial charge is 0.456 e. The van der Waals surface area contributed by atoms with Crippen LogP contribution in [-0.4, -0.2) is 11.7 Å². The summed E-state index contributed by atoms with van der Waals surface area (Å²) in [4.78, 5) is 10.6. The number of hydrogen-bond acceptors (Lipinski definition) is 5. The van der Waals surface area contributed by atoms with Crippen molar-refractivity contribution in [3.05, 3.63) is 168 Å². The molecule has 9 aromatic rings. The fraction of sp³-hybridized carbons (Fsp3) is 0.0233. The van der Waals surface area contributed by atoms with E-state index in [4.69, 9.17) is 18.8 Å². The second-order valence-electron chi connectivity index (χ2n) is 12.2. The number of benzene rings is 7. The third kappa shape index (κ3) is 4.25. The highest BCUT2D eigenvalue weighted by atomic mass is 16.3. The lowest BCUT2D eigenvalue weighted by Gasteiger charge is -2.23. The molecule has 1 aliphatic heterocycles. The van der Waals surface area contributed by atoms with Gasteiger partial charge in [0, 0.05) is 38.2 Å². The van der Waals surface area contributed by atoms with E-state index < -0.39 is 6.17 Å². The molecule has 3 heterocycles. The van der Waals surface area contributed by atoms with Gasteiger partial charge < -0.3 is 14.2 Å². The molecule has 226 valence electrons. The molecule has 5 heteroatoms.